The van der Waals surface area contributed by atoms with Crippen molar-refractivity contribution in [1.29, 1.82) is 0 Å². The number of fused-ring (bicyclic) bond motifs is 1. The van der Waals surface area contributed by atoms with Crippen molar-refractivity contribution in [2.45, 2.75) is 32.2 Å². The van der Waals surface area contributed by atoms with Gasteiger partial charge >= 0.3 is 0 Å². The summed E-state index contributed by atoms with van der Waals surface area (Å²) < 4.78 is 0. The Morgan fingerprint density at radius 3 is 3.30 bits per heavy atom. The van der Waals surface area contributed by atoms with Gasteiger partial charge in [-0.05, 0) is 25.3 Å². The van der Waals surface area contributed by atoms with E-state index in [0.717, 1.165) is 44.7 Å². The van der Waals surface area contributed by atoms with Gasteiger partial charge in [0.1, 0.15) is 5.82 Å². The van der Waals surface area contributed by atoms with E-state index in [9.17, 15) is 4.79 Å². The molecule has 0 radical (unpaired) electrons. The zero-order valence-electron chi connectivity index (χ0n) is 11.9. The molecule has 108 valence electrons. The van der Waals surface area contributed by atoms with Gasteiger partial charge in [0.15, 0.2) is 0 Å². The van der Waals surface area contributed by atoms with Crippen molar-refractivity contribution in [1.82, 2.24) is 10.3 Å². The van der Waals surface area contributed by atoms with E-state index in [1.807, 2.05) is 12.3 Å². The van der Waals surface area contributed by atoms with Crippen LogP contribution in [0.5, 0.6) is 0 Å². The average Bonchev–Trinajstić information content (AvgIpc) is 2.87. The molecule has 0 spiro atoms. The normalized spacial score (nSPS) is 25.2. The fraction of sp³-hybridized carbons (Fsp3) is 0.600. The highest BCUT2D eigenvalue weighted by molar-refractivity contribution is 5.83. The fourth-order valence-corrected chi connectivity index (χ4v) is 3.22. The molecule has 2 N–H and O–H groups in total. The molecule has 2 unspecified atom stereocenters. The van der Waals surface area contributed by atoms with Crippen LogP contribution in [-0.2, 0) is 4.79 Å². The first-order valence-corrected chi connectivity index (χ1v) is 7.54. The predicted molar refractivity (Wildman–Crippen MR) is 79.9 cm³/mol. The van der Waals surface area contributed by atoms with E-state index in [1.54, 1.807) is 0 Å². The first kappa shape index (κ1) is 13.2. The third-order valence-electron chi connectivity index (χ3n) is 4.23. The second-order valence-electron chi connectivity index (χ2n) is 5.58. The molecular weight excluding hydrogens is 252 g/mol. The van der Waals surface area contributed by atoms with Crippen LogP contribution in [0.2, 0.25) is 0 Å². The van der Waals surface area contributed by atoms with Crippen molar-refractivity contribution in [2.75, 3.05) is 29.9 Å². The monoisotopic (exact) mass is 274 g/mol. The molecule has 2 atom stereocenters. The molecule has 1 aromatic rings. The lowest BCUT2D eigenvalue weighted by Crippen LogP contribution is -2.45. The molecule has 2 fully saturated rings. The van der Waals surface area contributed by atoms with Crippen molar-refractivity contribution in [2.24, 2.45) is 5.92 Å². The highest BCUT2D eigenvalue weighted by atomic mass is 16.2. The van der Waals surface area contributed by atoms with Crippen LogP contribution < -0.4 is 15.5 Å². The summed E-state index contributed by atoms with van der Waals surface area (Å²) in [7, 11) is 0. The van der Waals surface area contributed by atoms with Gasteiger partial charge in [0, 0.05) is 37.6 Å². The Hall–Kier alpha value is -1.78. The van der Waals surface area contributed by atoms with E-state index in [-0.39, 0.29) is 11.8 Å². The number of hydrogen-bond acceptors (Lipinski definition) is 4. The summed E-state index contributed by atoms with van der Waals surface area (Å²) in [5.41, 5.74) is 1.17. The van der Waals surface area contributed by atoms with Crippen LogP contribution in [0, 0.1) is 5.92 Å². The predicted octanol–water partition coefficient (Wildman–Crippen LogP) is 1.62. The minimum atomic E-state index is 0.156. The number of nitrogens with one attached hydrogen (secondary N) is 2. The fourth-order valence-electron chi connectivity index (χ4n) is 3.22. The third kappa shape index (κ3) is 2.44. The maximum atomic E-state index is 11.8. The Labute approximate surface area is 119 Å². The number of nitrogens with zero attached hydrogens (tertiary/aromatic N) is 2. The summed E-state index contributed by atoms with van der Waals surface area (Å²) in [4.78, 5) is 18.5. The molecule has 1 aromatic heterocycles. The molecule has 5 nitrogen and oxygen atoms in total. The molecule has 2 aliphatic heterocycles. The van der Waals surface area contributed by atoms with Crippen LogP contribution in [0.4, 0.5) is 11.5 Å². The Bertz CT molecular complexity index is 491. The number of rotatable bonds is 4. The molecule has 20 heavy (non-hydrogen) atoms. The average molecular weight is 274 g/mol. The molecule has 5 heteroatoms. The summed E-state index contributed by atoms with van der Waals surface area (Å²) in [5, 5.41) is 6.32. The van der Waals surface area contributed by atoms with Gasteiger partial charge in [-0.25, -0.2) is 4.98 Å². The number of carbonyl (C=O) groups is 1. The van der Waals surface area contributed by atoms with E-state index < -0.39 is 0 Å². The molecule has 0 aliphatic carbocycles. The Balaban J connectivity index is 1.79. The van der Waals surface area contributed by atoms with Gasteiger partial charge in [-0.3, -0.25) is 4.79 Å². The van der Waals surface area contributed by atoms with Gasteiger partial charge in [-0.1, -0.05) is 6.92 Å². The number of piperidine rings is 1. The Kier molecular flexibility index (Phi) is 3.76. The summed E-state index contributed by atoms with van der Waals surface area (Å²) in [6.07, 6.45) is 5.02. The Morgan fingerprint density at radius 2 is 2.45 bits per heavy atom. The third-order valence-corrected chi connectivity index (χ3v) is 4.23. The van der Waals surface area contributed by atoms with E-state index in [1.165, 1.54) is 5.69 Å². The van der Waals surface area contributed by atoms with Crippen molar-refractivity contribution in [3.63, 3.8) is 0 Å². The molecule has 2 aliphatic rings. The molecular formula is C15H22N4O. The van der Waals surface area contributed by atoms with Gasteiger partial charge in [-0.15, -0.1) is 0 Å². The number of carbonyl (C=O) groups excluding carboxylic acids is 1. The van der Waals surface area contributed by atoms with Crippen LogP contribution in [0.25, 0.3) is 0 Å². The summed E-state index contributed by atoms with van der Waals surface area (Å²) in [6.45, 7) is 4.86. The zero-order valence-corrected chi connectivity index (χ0v) is 11.9. The summed E-state index contributed by atoms with van der Waals surface area (Å²) in [5.74, 6) is 1.30. The van der Waals surface area contributed by atoms with Gasteiger partial charge in [0.2, 0.25) is 5.91 Å². The maximum absolute atomic E-state index is 11.8. The minimum absolute atomic E-state index is 0.156. The van der Waals surface area contributed by atoms with Crippen molar-refractivity contribution in [3.8, 4) is 0 Å². The molecule has 3 rings (SSSR count). The number of amides is 1. The molecule has 1 amide bonds. The van der Waals surface area contributed by atoms with Crippen LogP contribution in [0.1, 0.15) is 26.2 Å². The summed E-state index contributed by atoms with van der Waals surface area (Å²) in [6, 6.07) is 4.45. The second kappa shape index (κ2) is 5.69. The molecule has 0 saturated carbocycles. The van der Waals surface area contributed by atoms with Crippen molar-refractivity contribution >= 4 is 17.4 Å². The van der Waals surface area contributed by atoms with Gasteiger partial charge in [0.25, 0.3) is 0 Å². The topological polar surface area (TPSA) is 57.3 Å². The van der Waals surface area contributed by atoms with E-state index in [2.05, 4.69) is 33.5 Å². The molecule has 2 saturated heterocycles. The van der Waals surface area contributed by atoms with Crippen LogP contribution in [-0.4, -0.2) is 36.6 Å². The first-order valence-electron chi connectivity index (χ1n) is 7.54. The Morgan fingerprint density at radius 1 is 1.55 bits per heavy atom. The maximum Gasteiger partial charge on any atom is 0.225 e. The largest absolute Gasteiger partial charge is 0.370 e. The number of aromatic nitrogens is 1. The lowest BCUT2D eigenvalue weighted by atomic mass is 9.91. The van der Waals surface area contributed by atoms with Crippen LogP contribution in [0.3, 0.4) is 0 Å². The lowest BCUT2D eigenvalue weighted by Gasteiger charge is -2.37. The lowest BCUT2D eigenvalue weighted by molar-refractivity contribution is -0.122. The van der Waals surface area contributed by atoms with Gasteiger partial charge in [-0.2, -0.15) is 0 Å². The first-order chi connectivity index (χ1) is 9.79. The van der Waals surface area contributed by atoms with Crippen LogP contribution in [0.15, 0.2) is 18.3 Å². The minimum Gasteiger partial charge on any atom is -0.370 e. The van der Waals surface area contributed by atoms with E-state index in [0.29, 0.717) is 6.04 Å². The standard InChI is InChI=1S/C15H22N4O/c1-2-6-16-14-9-11(5-7-17-14)19-8-3-4-12-13(19)10-18-15(12)20/h5,7,9,12-13H,2-4,6,8,10H2,1H3,(H,16,17)(H,18,20). The van der Waals surface area contributed by atoms with E-state index in [4.69, 9.17) is 0 Å². The SMILES string of the molecule is CCCNc1cc(N2CCCC3C(=O)NCC32)ccn1. The summed E-state index contributed by atoms with van der Waals surface area (Å²) >= 11 is 0. The number of hydrogen-bond donors (Lipinski definition) is 2. The van der Waals surface area contributed by atoms with Gasteiger partial charge < -0.3 is 15.5 Å². The molecule has 0 aromatic carbocycles. The smallest absolute Gasteiger partial charge is 0.225 e. The van der Waals surface area contributed by atoms with E-state index >= 15 is 0 Å². The highest BCUT2D eigenvalue weighted by Gasteiger charge is 2.40. The molecule has 0 bridgehead atoms. The zero-order chi connectivity index (χ0) is 13.9. The van der Waals surface area contributed by atoms with Crippen molar-refractivity contribution < 1.29 is 4.79 Å². The van der Waals surface area contributed by atoms with Crippen LogP contribution >= 0.6 is 0 Å². The van der Waals surface area contributed by atoms with Gasteiger partial charge in [0.05, 0.1) is 12.0 Å². The number of pyridine rings is 1. The highest BCUT2D eigenvalue weighted by Crippen LogP contribution is 2.32. The second-order valence-corrected chi connectivity index (χ2v) is 5.58. The van der Waals surface area contributed by atoms with Crippen molar-refractivity contribution in [3.05, 3.63) is 18.3 Å². The number of anilines is 2. The molecule has 3 heterocycles. The quantitative estimate of drug-likeness (QED) is 0.876.